The minimum Gasteiger partial charge on any atom is -0.497 e. The van der Waals surface area contributed by atoms with E-state index in [4.69, 9.17) is 21.3 Å². The van der Waals surface area contributed by atoms with Gasteiger partial charge in [-0.25, -0.2) is 4.98 Å². The Morgan fingerprint density at radius 3 is 2.20 bits per heavy atom. The number of methoxy groups -OCH3 is 1. The number of para-hydroxylation sites is 1. The molecular weight excluding hydrogens is 330 g/mol. The number of aromatic nitrogens is 1. The molecular formula is C22H16ClNO. The van der Waals surface area contributed by atoms with E-state index in [0.29, 0.717) is 0 Å². The fraction of sp³-hybridized carbons (Fsp3) is 0.0455. The first-order valence-electron chi connectivity index (χ1n) is 8.05. The van der Waals surface area contributed by atoms with Gasteiger partial charge in [0.25, 0.3) is 0 Å². The van der Waals surface area contributed by atoms with Crippen LogP contribution in [0.4, 0.5) is 0 Å². The fourth-order valence-corrected chi connectivity index (χ4v) is 3.08. The summed E-state index contributed by atoms with van der Waals surface area (Å²) in [4.78, 5) is 4.83. The Labute approximate surface area is 151 Å². The number of fused-ring (bicyclic) bond motifs is 1. The Morgan fingerprint density at radius 1 is 0.800 bits per heavy atom. The fourth-order valence-electron chi connectivity index (χ4n) is 2.95. The Bertz CT molecular complexity index is 1020. The molecule has 122 valence electrons. The maximum atomic E-state index is 6.02. The van der Waals surface area contributed by atoms with Crippen molar-refractivity contribution in [2.24, 2.45) is 0 Å². The summed E-state index contributed by atoms with van der Waals surface area (Å²) in [6.07, 6.45) is 0. The van der Waals surface area contributed by atoms with Gasteiger partial charge in [0.1, 0.15) is 5.75 Å². The largest absolute Gasteiger partial charge is 0.497 e. The maximum absolute atomic E-state index is 6.02. The van der Waals surface area contributed by atoms with Gasteiger partial charge in [-0.1, -0.05) is 54.1 Å². The van der Waals surface area contributed by atoms with Crippen LogP contribution in [-0.4, -0.2) is 12.1 Å². The first-order chi connectivity index (χ1) is 12.2. The van der Waals surface area contributed by atoms with Crippen molar-refractivity contribution in [1.82, 2.24) is 4.98 Å². The van der Waals surface area contributed by atoms with E-state index >= 15 is 0 Å². The molecule has 0 aliphatic carbocycles. The molecule has 1 aromatic heterocycles. The predicted molar refractivity (Wildman–Crippen MR) is 104 cm³/mol. The lowest BCUT2D eigenvalue weighted by Crippen LogP contribution is -1.90. The third-order valence-corrected chi connectivity index (χ3v) is 4.51. The van der Waals surface area contributed by atoms with E-state index in [0.717, 1.165) is 44.1 Å². The van der Waals surface area contributed by atoms with Crippen molar-refractivity contribution >= 4 is 22.5 Å². The van der Waals surface area contributed by atoms with Crippen molar-refractivity contribution in [2.45, 2.75) is 0 Å². The zero-order valence-electron chi connectivity index (χ0n) is 13.7. The molecule has 0 aliphatic rings. The van der Waals surface area contributed by atoms with Crippen LogP contribution in [0.1, 0.15) is 0 Å². The van der Waals surface area contributed by atoms with E-state index in [1.807, 2.05) is 54.6 Å². The summed E-state index contributed by atoms with van der Waals surface area (Å²) in [7, 11) is 1.68. The van der Waals surface area contributed by atoms with Gasteiger partial charge in [0.15, 0.2) is 0 Å². The number of hydrogen-bond donors (Lipinski definition) is 0. The zero-order chi connectivity index (χ0) is 17.2. The van der Waals surface area contributed by atoms with Gasteiger partial charge in [0.2, 0.25) is 0 Å². The van der Waals surface area contributed by atoms with E-state index in [1.165, 1.54) is 0 Å². The second-order valence-corrected chi connectivity index (χ2v) is 6.24. The van der Waals surface area contributed by atoms with Crippen LogP contribution in [0.15, 0.2) is 78.9 Å². The average molecular weight is 346 g/mol. The lowest BCUT2D eigenvalue weighted by atomic mass is 9.98. The van der Waals surface area contributed by atoms with E-state index < -0.39 is 0 Å². The van der Waals surface area contributed by atoms with Gasteiger partial charge in [0, 0.05) is 16.0 Å². The number of benzene rings is 3. The minimum atomic E-state index is 0.722. The molecule has 0 spiro atoms. The molecule has 3 aromatic carbocycles. The standard InChI is InChI=1S/C22H16ClNO/c1-25-18-12-8-15(9-13-18)20-14-22(16-6-10-17(23)11-7-16)24-21-5-3-2-4-19(20)21/h2-14H,1H3. The molecule has 3 heteroatoms. The molecule has 1 heterocycles. The van der Waals surface area contributed by atoms with Crippen LogP contribution in [0.5, 0.6) is 5.75 Å². The smallest absolute Gasteiger partial charge is 0.118 e. The maximum Gasteiger partial charge on any atom is 0.118 e. The molecule has 4 rings (SSSR count). The Kier molecular flexibility index (Phi) is 4.12. The molecule has 0 amide bonds. The Morgan fingerprint density at radius 2 is 1.48 bits per heavy atom. The van der Waals surface area contributed by atoms with Gasteiger partial charge in [-0.15, -0.1) is 0 Å². The molecule has 0 fully saturated rings. The zero-order valence-corrected chi connectivity index (χ0v) is 14.5. The molecule has 25 heavy (non-hydrogen) atoms. The second-order valence-electron chi connectivity index (χ2n) is 5.81. The summed E-state index contributed by atoms with van der Waals surface area (Å²) in [6, 6.07) is 26.2. The summed E-state index contributed by atoms with van der Waals surface area (Å²) in [5.74, 6) is 0.847. The molecule has 0 saturated carbocycles. The van der Waals surface area contributed by atoms with E-state index in [-0.39, 0.29) is 0 Å². The Hall–Kier alpha value is -2.84. The number of pyridine rings is 1. The van der Waals surface area contributed by atoms with Crippen LogP contribution in [0, 0.1) is 0 Å². The van der Waals surface area contributed by atoms with Gasteiger partial charge < -0.3 is 4.74 Å². The second kappa shape index (κ2) is 6.58. The van der Waals surface area contributed by atoms with E-state index in [1.54, 1.807) is 7.11 Å². The monoisotopic (exact) mass is 345 g/mol. The van der Waals surface area contributed by atoms with Crippen LogP contribution < -0.4 is 4.74 Å². The van der Waals surface area contributed by atoms with E-state index in [2.05, 4.69) is 24.3 Å². The summed E-state index contributed by atoms with van der Waals surface area (Å²) in [6.45, 7) is 0. The van der Waals surface area contributed by atoms with Gasteiger partial charge in [-0.2, -0.15) is 0 Å². The summed E-state index contributed by atoms with van der Waals surface area (Å²) >= 11 is 6.02. The van der Waals surface area contributed by atoms with Gasteiger partial charge in [-0.05, 0) is 47.5 Å². The topological polar surface area (TPSA) is 22.1 Å². The molecule has 0 radical (unpaired) electrons. The number of rotatable bonds is 3. The predicted octanol–water partition coefficient (Wildman–Crippen LogP) is 6.23. The van der Waals surface area contributed by atoms with Crippen molar-refractivity contribution in [3.05, 3.63) is 83.9 Å². The number of nitrogens with zero attached hydrogens (tertiary/aromatic N) is 1. The first kappa shape index (κ1) is 15.7. The van der Waals surface area contributed by atoms with Crippen molar-refractivity contribution in [3.63, 3.8) is 0 Å². The van der Waals surface area contributed by atoms with Crippen LogP contribution in [0.2, 0.25) is 5.02 Å². The van der Waals surface area contributed by atoms with Crippen molar-refractivity contribution in [2.75, 3.05) is 7.11 Å². The average Bonchev–Trinajstić information content (AvgIpc) is 2.68. The summed E-state index contributed by atoms with van der Waals surface area (Å²) < 4.78 is 5.27. The quantitative estimate of drug-likeness (QED) is 0.439. The molecule has 0 aliphatic heterocycles. The molecule has 0 bridgehead atoms. The molecule has 0 atom stereocenters. The lowest BCUT2D eigenvalue weighted by molar-refractivity contribution is 0.415. The molecule has 2 nitrogen and oxygen atoms in total. The highest BCUT2D eigenvalue weighted by atomic mass is 35.5. The number of halogens is 1. The van der Waals surface area contributed by atoms with Crippen molar-refractivity contribution in [1.29, 1.82) is 0 Å². The van der Waals surface area contributed by atoms with Gasteiger partial charge >= 0.3 is 0 Å². The number of ether oxygens (including phenoxy) is 1. The molecule has 0 unspecified atom stereocenters. The van der Waals surface area contributed by atoms with E-state index in [9.17, 15) is 0 Å². The lowest BCUT2D eigenvalue weighted by Gasteiger charge is -2.11. The van der Waals surface area contributed by atoms with Crippen LogP contribution in [0.3, 0.4) is 0 Å². The summed E-state index contributed by atoms with van der Waals surface area (Å²) in [5, 5.41) is 1.85. The molecule has 4 aromatic rings. The normalized spacial score (nSPS) is 10.8. The van der Waals surface area contributed by atoms with Crippen LogP contribution >= 0.6 is 11.6 Å². The minimum absolute atomic E-state index is 0.722. The molecule has 0 N–H and O–H groups in total. The van der Waals surface area contributed by atoms with Crippen LogP contribution in [-0.2, 0) is 0 Å². The summed E-state index contributed by atoms with van der Waals surface area (Å²) in [5.41, 5.74) is 5.24. The SMILES string of the molecule is COc1ccc(-c2cc(-c3ccc(Cl)cc3)nc3ccccc23)cc1. The highest BCUT2D eigenvalue weighted by Crippen LogP contribution is 2.33. The van der Waals surface area contributed by atoms with Crippen molar-refractivity contribution in [3.8, 4) is 28.1 Å². The third kappa shape index (κ3) is 3.09. The first-order valence-corrected chi connectivity index (χ1v) is 8.42. The highest BCUT2D eigenvalue weighted by Gasteiger charge is 2.09. The number of hydrogen-bond acceptors (Lipinski definition) is 2. The van der Waals surface area contributed by atoms with Gasteiger partial charge in [-0.3, -0.25) is 0 Å². The highest BCUT2D eigenvalue weighted by molar-refractivity contribution is 6.30. The van der Waals surface area contributed by atoms with Crippen LogP contribution in [0.25, 0.3) is 33.3 Å². The van der Waals surface area contributed by atoms with Crippen molar-refractivity contribution < 1.29 is 4.74 Å². The third-order valence-electron chi connectivity index (χ3n) is 4.26. The Balaban J connectivity index is 1.93. The van der Waals surface area contributed by atoms with Gasteiger partial charge in [0.05, 0.1) is 18.3 Å². The molecule has 0 saturated heterocycles.